The Morgan fingerprint density at radius 2 is 2.06 bits per heavy atom. The fourth-order valence-electron chi connectivity index (χ4n) is 4.84. The van der Waals surface area contributed by atoms with Crippen LogP contribution >= 0.6 is 0 Å². The second-order valence-electron chi connectivity index (χ2n) is 9.26. The zero-order valence-electron chi connectivity index (χ0n) is 19.2. The van der Waals surface area contributed by atoms with E-state index in [0.717, 1.165) is 36.5 Å². The summed E-state index contributed by atoms with van der Waals surface area (Å²) in [5.74, 6) is -0.519. The Hall–Kier alpha value is -3.06. The van der Waals surface area contributed by atoms with Gasteiger partial charge in [-0.1, -0.05) is 0 Å². The van der Waals surface area contributed by atoms with Crippen LogP contribution in [0.3, 0.4) is 0 Å². The van der Waals surface area contributed by atoms with Gasteiger partial charge >= 0.3 is 6.18 Å². The number of carbonyl (C=O) groups excluding carboxylic acids is 1. The first kappa shape index (κ1) is 24.1. The Bertz CT molecular complexity index is 1050. The molecule has 10 heteroatoms. The number of nitrogens with one attached hydrogen (secondary N) is 1. The fraction of sp³-hybridized carbons (Fsp3) is 0.542. The third-order valence-electron chi connectivity index (χ3n) is 6.74. The van der Waals surface area contributed by atoms with Crippen LogP contribution in [0.2, 0.25) is 0 Å². The van der Waals surface area contributed by atoms with Crippen molar-refractivity contribution in [2.45, 2.75) is 44.4 Å². The van der Waals surface area contributed by atoms with E-state index in [4.69, 9.17) is 0 Å². The average molecular weight is 475 g/mol. The van der Waals surface area contributed by atoms with Crippen LogP contribution in [0.25, 0.3) is 0 Å². The Morgan fingerprint density at radius 3 is 2.71 bits per heavy atom. The van der Waals surface area contributed by atoms with E-state index in [9.17, 15) is 23.2 Å². The van der Waals surface area contributed by atoms with Gasteiger partial charge in [-0.05, 0) is 55.5 Å². The van der Waals surface area contributed by atoms with Gasteiger partial charge in [0.2, 0.25) is 5.91 Å². The number of aromatic nitrogens is 2. The van der Waals surface area contributed by atoms with Gasteiger partial charge in [0.15, 0.2) is 0 Å². The maximum atomic E-state index is 12.5. The fourth-order valence-corrected chi connectivity index (χ4v) is 4.84. The number of anilines is 1. The van der Waals surface area contributed by atoms with Gasteiger partial charge in [0.25, 0.3) is 0 Å². The number of alkyl halides is 3. The van der Waals surface area contributed by atoms with Crippen LogP contribution in [-0.2, 0) is 24.8 Å². The van der Waals surface area contributed by atoms with Gasteiger partial charge in [-0.15, -0.1) is 0 Å². The molecular formula is C24H29F3N6O. The normalized spacial score (nSPS) is 19.1. The number of carbonyl (C=O) groups is 1. The van der Waals surface area contributed by atoms with Crippen LogP contribution in [0.1, 0.15) is 36.1 Å². The van der Waals surface area contributed by atoms with E-state index in [0.29, 0.717) is 44.0 Å². The highest BCUT2D eigenvalue weighted by molar-refractivity contribution is 5.76. The number of imidazole rings is 1. The quantitative estimate of drug-likeness (QED) is 0.697. The first-order valence-electron chi connectivity index (χ1n) is 11.5. The molecule has 1 atom stereocenters. The minimum absolute atomic E-state index is 0.180. The van der Waals surface area contributed by atoms with Crippen molar-refractivity contribution < 1.29 is 18.0 Å². The molecule has 1 unspecified atom stereocenters. The van der Waals surface area contributed by atoms with E-state index >= 15 is 0 Å². The largest absolute Gasteiger partial charge is 0.397 e. The molecule has 1 aromatic carbocycles. The maximum absolute atomic E-state index is 12.5. The number of hydrogen-bond donors (Lipinski definition) is 1. The highest BCUT2D eigenvalue weighted by Gasteiger charge is 2.35. The lowest BCUT2D eigenvalue weighted by atomic mass is 9.93. The predicted octanol–water partition coefficient (Wildman–Crippen LogP) is 3.00. The molecular weight excluding hydrogens is 445 g/mol. The third kappa shape index (κ3) is 5.89. The SMILES string of the molecule is Cn1cncc1CN1CC(NCC2CCN(C(=O)CC(F)(F)F)CC2)Cc2cc(C#N)ccc21. The lowest BCUT2D eigenvalue weighted by Gasteiger charge is -2.38. The number of nitrogens with zero attached hydrogens (tertiary/aromatic N) is 5. The Kier molecular flexibility index (Phi) is 7.12. The highest BCUT2D eigenvalue weighted by Crippen LogP contribution is 2.30. The van der Waals surface area contributed by atoms with Crippen molar-refractivity contribution in [3.8, 4) is 6.07 Å². The van der Waals surface area contributed by atoms with E-state index in [1.54, 1.807) is 6.33 Å². The second kappa shape index (κ2) is 10.1. The van der Waals surface area contributed by atoms with E-state index < -0.39 is 18.5 Å². The molecule has 0 radical (unpaired) electrons. The molecule has 7 nitrogen and oxygen atoms in total. The van der Waals surface area contributed by atoms with Crippen LogP contribution < -0.4 is 10.2 Å². The summed E-state index contributed by atoms with van der Waals surface area (Å²) in [5, 5.41) is 13.0. The number of hydrogen-bond acceptors (Lipinski definition) is 5. The van der Waals surface area contributed by atoms with Crippen LogP contribution in [0.4, 0.5) is 18.9 Å². The van der Waals surface area contributed by atoms with Crippen molar-refractivity contribution in [3.63, 3.8) is 0 Å². The third-order valence-corrected chi connectivity index (χ3v) is 6.74. The summed E-state index contributed by atoms with van der Waals surface area (Å²) in [6.07, 6.45) is -0.0209. The van der Waals surface area contributed by atoms with Crippen LogP contribution in [0, 0.1) is 17.2 Å². The number of piperidine rings is 1. The number of halogens is 3. The lowest BCUT2D eigenvalue weighted by molar-refractivity contribution is -0.162. The molecule has 1 amide bonds. The topological polar surface area (TPSA) is 77.2 Å². The van der Waals surface area contributed by atoms with Crippen molar-refractivity contribution in [1.29, 1.82) is 5.26 Å². The van der Waals surface area contributed by atoms with Gasteiger partial charge in [-0.25, -0.2) is 4.98 Å². The van der Waals surface area contributed by atoms with Crippen LogP contribution in [-0.4, -0.2) is 58.8 Å². The summed E-state index contributed by atoms with van der Waals surface area (Å²) in [6.45, 7) is 2.98. The van der Waals surface area contributed by atoms with Gasteiger partial charge in [0.05, 0.1) is 30.2 Å². The van der Waals surface area contributed by atoms with E-state index in [1.807, 2.05) is 36.0 Å². The van der Waals surface area contributed by atoms with Gasteiger partial charge in [-0.2, -0.15) is 18.4 Å². The number of likely N-dealkylation sites (tertiary alicyclic amines) is 1. The molecule has 1 saturated heterocycles. The van der Waals surface area contributed by atoms with E-state index in [-0.39, 0.29) is 6.04 Å². The standard InChI is InChI=1S/C24H29F3N6O/c1-31-16-29-13-21(31)15-33-14-20(9-19-8-18(11-28)2-3-22(19)33)30-12-17-4-6-32(7-5-17)23(34)10-24(25,26)27/h2-3,8,13,16-17,20,30H,4-7,9-10,12,14-15H2,1H3. The number of rotatable bonds is 6. The molecule has 2 aliphatic rings. The summed E-state index contributed by atoms with van der Waals surface area (Å²) in [5.41, 5.74) is 3.97. The van der Waals surface area contributed by atoms with Crippen LogP contribution in [0.5, 0.6) is 0 Å². The Balaban J connectivity index is 1.36. The summed E-state index contributed by atoms with van der Waals surface area (Å²) in [4.78, 5) is 19.7. The molecule has 0 saturated carbocycles. The monoisotopic (exact) mass is 474 g/mol. The molecule has 0 bridgehead atoms. The van der Waals surface area contributed by atoms with Crippen molar-refractivity contribution >= 4 is 11.6 Å². The van der Waals surface area contributed by atoms with Gasteiger partial charge in [-0.3, -0.25) is 4.79 Å². The average Bonchev–Trinajstić information content (AvgIpc) is 3.20. The molecule has 4 rings (SSSR count). The van der Waals surface area contributed by atoms with Crippen molar-refractivity contribution in [3.05, 3.63) is 47.5 Å². The second-order valence-corrected chi connectivity index (χ2v) is 9.26. The molecule has 1 N–H and O–H groups in total. The zero-order valence-corrected chi connectivity index (χ0v) is 19.2. The molecule has 2 aromatic rings. The Labute approximate surface area is 197 Å². The molecule has 0 spiro atoms. The first-order valence-corrected chi connectivity index (χ1v) is 11.5. The minimum atomic E-state index is -4.46. The number of benzene rings is 1. The number of fused-ring (bicyclic) bond motifs is 1. The zero-order chi connectivity index (χ0) is 24.3. The van der Waals surface area contributed by atoms with Crippen molar-refractivity contribution in [1.82, 2.24) is 19.8 Å². The molecule has 0 aliphatic carbocycles. The van der Waals surface area contributed by atoms with E-state index in [2.05, 4.69) is 21.3 Å². The minimum Gasteiger partial charge on any atom is -0.364 e. The van der Waals surface area contributed by atoms with Gasteiger partial charge in [0.1, 0.15) is 6.42 Å². The number of nitriles is 1. The Morgan fingerprint density at radius 1 is 1.29 bits per heavy atom. The molecule has 1 fully saturated rings. The molecule has 34 heavy (non-hydrogen) atoms. The number of aryl methyl sites for hydroxylation is 1. The molecule has 3 heterocycles. The van der Waals surface area contributed by atoms with Crippen LogP contribution in [0.15, 0.2) is 30.7 Å². The summed E-state index contributed by atoms with van der Waals surface area (Å²) < 4.78 is 39.5. The molecule has 182 valence electrons. The maximum Gasteiger partial charge on any atom is 0.397 e. The van der Waals surface area contributed by atoms with Gasteiger partial charge < -0.3 is 19.7 Å². The summed E-state index contributed by atoms with van der Waals surface area (Å²) in [6, 6.07) is 8.20. The summed E-state index contributed by atoms with van der Waals surface area (Å²) in [7, 11) is 1.97. The first-order chi connectivity index (χ1) is 16.2. The van der Waals surface area contributed by atoms with Gasteiger partial charge in [0, 0.05) is 44.6 Å². The summed E-state index contributed by atoms with van der Waals surface area (Å²) >= 11 is 0. The predicted molar refractivity (Wildman–Crippen MR) is 121 cm³/mol. The van der Waals surface area contributed by atoms with E-state index in [1.165, 1.54) is 4.90 Å². The van der Waals surface area contributed by atoms with Crippen molar-refractivity contribution in [2.24, 2.45) is 13.0 Å². The highest BCUT2D eigenvalue weighted by atomic mass is 19.4. The molecule has 1 aromatic heterocycles. The molecule has 2 aliphatic heterocycles. The number of amides is 1. The smallest absolute Gasteiger partial charge is 0.364 e. The lowest BCUT2D eigenvalue weighted by Crippen LogP contribution is -2.49. The van der Waals surface area contributed by atoms with Crippen molar-refractivity contribution in [2.75, 3.05) is 31.1 Å².